The molecule has 0 saturated heterocycles. The topological polar surface area (TPSA) is 9.23 Å². The summed E-state index contributed by atoms with van der Waals surface area (Å²) in [4.78, 5) is 0. The summed E-state index contributed by atoms with van der Waals surface area (Å²) in [5.41, 5.74) is 0. The quantitative estimate of drug-likeness (QED) is 0.608. The van der Waals surface area contributed by atoms with Crippen molar-refractivity contribution in [2.45, 2.75) is 38.7 Å². The molecule has 0 aromatic carbocycles. The lowest BCUT2D eigenvalue weighted by molar-refractivity contribution is 0.0220. The Morgan fingerprint density at radius 1 is 1.36 bits per heavy atom. The molecule has 1 aliphatic rings. The minimum absolute atomic E-state index is 0.552. The van der Waals surface area contributed by atoms with Crippen LogP contribution in [0.25, 0.3) is 0 Å². The van der Waals surface area contributed by atoms with Crippen LogP contribution in [0, 0.1) is 5.92 Å². The first-order valence-corrected chi connectivity index (χ1v) is 5.84. The Balaban J connectivity index is 2.18. The second kappa shape index (κ2) is 5.04. The van der Waals surface area contributed by atoms with Crippen LogP contribution in [-0.4, -0.2) is 18.3 Å². The first kappa shape index (κ1) is 9.40. The average Bonchev–Trinajstić information content (AvgIpc) is 2.03. The molecule has 1 saturated carbocycles. The van der Waals surface area contributed by atoms with Gasteiger partial charge in [0.25, 0.3) is 0 Å². The smallest absolute Gasteiger partial charge is 0.0922 e. The maximum Gasteiger partial charge on any atom is 0.0922 e. The number of hydrogen-bond donors (Lipinski definition) is 0. The summed E-state index contributed by atoms with van der Waals surface area (Å²) < 4.78 is 5.71. The van der Waals surface area contributed by atoms with Gasteiger partial charge in [-0.15, -0.1) is 11.8 Å². The summed E-state index contributed by atoms with van der Waals surface area (Å²) in [5.74, 6) is 1.66. The fraction of sp³-hybridized carbons (Fsp3) is 1.00. The number of hydrogen-bond acceptors (Lipinski definition) is 2. The lowest BCUT2D eigenvalue weighted by Crippen LogP contribution is -2.25. The molecule has 0 unspecified atom stereocenters. The van der Waals surface area contributed by atoms with Gasteiger partial charge in [-0.05, 0) is 25.0 Å². The molecule has 2 atom stereocenters. The van der Waals surface area contributed by atoms with E-state index in [0.717, 1.165) is 11.9 Å². The van der Waals surface area contributed by atoms with Crippen LogP contribution < -0.4 is 0 Å². The monoisotopic (exact) mass is 174 g/mol. The van der Waals surface area contributed by atoms with Crippen molar-refractivity contribution in [2.75, 3.05) is 12.2 Å². The van der Waals surface area contributed by atoms with E-state index in [0.29, 0.717) is 6.10 Å². The second-order valence-electron chi connectivity index (χ2n) is 3.37. The highest BCUT2D eigenvalue weighted by Crippen LogP contribution is 2.26. The van der Waals surface area contributed by atoms with Crippen molar-refractivity contribution in [1.29, 1.82) is 0 Å². The van der Waals surface area contributed by atoms with Crippen molar-refractivity contribution >= 4 is 11.8 Å². The molecule has 1 rings (SSSR count). The summed E-state index contributed by atoms with van der Waals surface area (Å²) in [6.45, 7) is 2.31. The van der Waals surface area contributed by atoms with Crippen molar-refractivity contribution in [3.8, 4) is 0 Å². The minimum Gasteiger partial charge on any atom is -0.367 e. The van der Waals surface area contributed by atoms with E-state index in [1.807, 2.05) is 0 Å². The highest BCUT2D eigenvalue weighted by molar-refractivity contribution is 7.98. The fourth-order valence-electron chi connectivity index (χ4n) is 1.69. The van der Waals surface area contributed by atoms with Gasteiger partial charge in [-0.3, -0.25) is 0 Å². The summed E-state index contributed by atoms with van der Waals surface area (Å²) in [7, 11) is 0. The third-order valence-corrected chi connectivity index (χ3v) is 2.80. The van der Waals surface area contributed by atoms with Gasteiger partial charge in [-0.2, -0.15) is 0 Å². The van der Waals surface area contributed by atoms with Gasteiger partial charge in [0.1, 0.15) is 0 Å². The third-order valence-electron chi connectivity index (χ3n) is 2.43. The molecular weight excluding hydrogens is 156 g/mol. The summed E-state index contributed by atoms with van der Waals surface area (Å²) >= 11 is 1.78. The summed E-state index contributed by atoms with van der Waals surface area (Å²) in [6, 6.07) is 0. The van der Waals surface area contributed by atoms with E-state index in [2.05, 4.69) is 13.2 Å². The maximum atomic E-state index is 5.71. The Bertz CT molecular complexity index is 106. The van der Waals surface area contributed by atoms with E-state index >= 15 is 0 Å². The second-order valence-corrected chi connectivity index (χ2v) is 4.19. The Labute approximate surface area is 73.9 Å². The Morgan fingerprint density at radius 3 is 2.73 bits per heavy atom. The van der Waals surface area contributed by atoms with E-state index in [9.17, 15) is 0 Å². The van der Waals surface area contributed by atoms with Gasteiger partial charge in [0, 0.05) is 0 Å². The third kappa shape index (κ3) is 3.04. The summed E-state index contributed by atoms with van der Waals surface area (Å²) in [5, 5.41) is 0. The van der Waals surface area contributed by atoms with Crippen molar-refractivity contribution in [3.05, 3.63) is 0 Å². The normalized spacial score (nSPS) is 32.2. The molecule has 66 valence electrons. The standard InChI is InChI=1S/C9H18OS/c1-8-5-3-4-6-9(8)10-7-11-2/h8-9H,3-7H2,1-2H3/t8-,9-/m0/s1. The van der Waals surface area contributed by atoms with Crippen molar-refractivity contribution in [3.63, 3.8) is 0 Å². The van der Waals surface area contributed by atoms with Crippen LogP contribution in [0.2, 0.25) is 0 Å². The van der Waals surface area contributed by atoms with Gasteiger partial charge in [0.15, 0.2) is 0 Å². The molecule has 0 radical (unpaired) electrons. The molecule has 0 aromatic heterocycles. The predicted molar refractivity (Wildman–Crippen MR) is 50.9 cm³/mol. The molecule has 1 fully saturated rings. The van der Waals surface area contributed by atoms with Gasteiger partial charge in [-0.1, -0.05) is 19.8 Å². The first-order valence-electron chi connectivity index (χ1n) is 4.45. The lowest BCUT2D eigenvalue weighted by Gasteiger charge is -2.28. The molecule has 11 heavy (non-hydrogen) atoms. The summed E-state index contributed by atoms with van der Waals surface area (Å²) in [6.07, 6.45) is 8.05. The molecule has 0 amide bonds. The molecule has 0 N–H and O–H groups in total. The maximum absolute atomic E-state index is 5.71. The number of ether oxygens (including phenoxy) is 1. The molecule has 0 spiro atoms. The molecule has 2 heteroatoms. The van der Waals surface area contributed by atoms with E-state index in [1.165, 1.54) is 25.7 Å². The largest absolute Gasteiger partial charge is 0.367 e. The first-order chi connectivity index (χ1) is 5.34. The van der Waals surface area contributed by atoms with E-state index in [-0.39, 0.29) is 0 Å². The average molecular weight is 174 g/mol. The van der Waals surface area contributed by atoms with E-state index in [1.54, 1.807) is 11.8 Å². The molecule has 0 aromatic rings. The lowest BCUT2D eigenvalue weighted by atomic mass is 9.88. The molecular formula is C9H18OS. The van der Waals surface area contributed by atoms with Gasteiger partial charge >= 0.3 is 0 Å². The molecule has 0 aliphatic heterocycles. The van der Waals surface area contributed by atoms with E-state index < -0.39 is 0 Å². The van der Waals surface area contributed by atoms with E-state index in [4.69, 9.17) is 4.74 Å². The number of thioether (sulfide) groups is 1. The van der Waals surface area contributed by atoms with Crippen LogP contribution in [0.5, 0.6) is 0 Å². The zero-order valence-electron chi connectivity index (χ0n) is 7.51. The molecule has 0 heterocycles. The molecule has 0 bridgehead atoms. The highest BCUT2D eigenvalue weighted by Gasteiger charge is 2.21. The Morgan fingerprint density at radius 2 is 2.09 bits per heavy atom. The van der Waals surface area contributed by atoms with Gasteiger partial charge in [0.2, 0.25) is 0 Å². The van der Waals surface area contributed by atoms with Gasteiger partial charge in [0.05, 0.1) is 12.0 Å². The van der Waals surface area contributed by atoms with Crippen LogP contribution in [0.3, 0.4) is 0 Å². The number of rotatable bonds is 3. The van der Waals surface area contributed by atoms with Crippen molar-refractivity contribution in [1.82, 2.24) is 0 Å². The Hall–Kier alpha value is 0.310. The predicted octanol–water partition coefficient (Wildman–Crippen LogP) is 2.90. The van der Waals surface area contributed by atoms with Crippen LogP contribution in [-0.2, 0) is 4.74 Å². The van der Waals surface area contributed by atoms with Gasteiger partial charge in [-0.25, -0.2) is 0 Å². The molecule has 1 nitrogen and oxygen atoms in total. The SMILES string of the molecule is CSCO[C@H]1CCCC[C@@H]1C. The minimum atomic E-state index is 0.552. The highest BCUT2D eigenvalue weighted by atomic mass is 32.2. The fourth-order valence-corrected chi connectivity index (χ4v) is 2.00. The van der Waals surface area contributed by atoms with Crippen LogP contribution >= 0.6 is 11.8 Å². The van der Waals surface area contributed by atoms with Gasteiger partial charge < -0.3 is 4.74 Å². The van der Waals surface area contributed by atoms with Crippen LogP contribution in [0.1, 0.15) is 32.6 Å². The zero-order valence-corrected chi connectivity index (χ0v) is 8.32. The van der Waals surface area contributed by atoms with Crippen LogP contribution in [0.4, 0.5) is 0 Å². The molecule has 1 aliphatic carbocycles. The van der Waals surface area contributed by atoms with Crippen molar-refractivity contribution < 1.29 is 4.74 Å². The zero-order chi connectivity index (χ0) is 8.10. The van der Waals surface area contributed by atoms with Crippen LogP contribution in [0.15, 0.2) is 0 Å². The Kier molecular flexibility index (Phi) is 4.31. The van der Waals surface area contributed by atoms with Crippen molar-refractivity contribution in [2.24, 2.45) is 5.92 Å².